The number of amides is 1. The van der Waals surface area contributed by atoms with Crippen molar-refractivity contribution in [2.24, 2.45) is 0 Å². The topological polar surface area (TPSA) is 144 Å². The summed E-state index contributed by atoms with van der Waals surface area (Å²) in [6.45, 7) is 2.02. The Morgan fingerprint density at radius 3 is 3.03 bits per heavy atom. The first-order valence-electron chi connectivity index (χ1n) is 10.9. The molecule has 168 valence electrons. The van der Waals surface area contributed by atoms with Crippen molar-refractivity contribution in [3.8, 4) is 11.5 Å². The number of aromatic nitrogens is 8. The van der Waals surface area contributed by atoms with E-state index in [0.717, 1.165) is 30.8 Å². The van der Waals surface area contributed by atoms with Crippen LogP contribution in [-0.2, 0) is 37.1 Å². The molecule has 4 aromatic heterocycles. The third kappa shape index (κ3) is 3.95. The molecule has 2 aliphatic heterocycles. The number of anilines is 1. The van der Waals surface area contributed by atoms with Crippen molar-refractivity contribution in [1.82, 2.24) is 45.0 Å². The molecule has 0 saturated carbocycles. The fraction of sp³-hybridized carbons (Fsp3) is 0.381. The average molecular weight is 446 g/mol. The van der Waals surface area contributed by atoms with Crippen LogP contribution in [0.15, 0.2) is 35.1 Å². The number of nitrogens with one attached hydrogen (secondary N) is 2. The van der Waals surface area contributed by atoms with E-state index >= 15 is 0 Å². The van der Waals surface area contributed by atoms with E-state index in [1.807, 2.05) is 0 Å². The second kappa shape index (κ2) is 8.11. The lowest BCUT2D eigenvalue weighted by Crippen LogP contribution is -2.37. The summed E-state index contributed by atoms with van der Waals surface area (Å²) >= 11 is 0. The molecule has 0 saturated heterocycles. The minimum Gasteiger partial charge on any atom is -0.420 e. The van der Waals surface area contributed by atoms with E-state index in [4.69, 9.17) is 4.42 Å². The first kappa shape index (κ1) is 19.6. The van der Waals surface area contributed by atoms with Crippen molar-refractivity contribution in [2.45, 2.75) is 44.8 Å². The van der Waals surface area contributed by atoms with Gasteiger partial charge < -0.3 is 19.2 Å². The van der Waals surface area contributed by atoms with E-state index < -0.39 is 0 Å². The standard InChI is InChI=1S/C21H22N10O2/c32-19(31-7-4-16-17(12-31)26-29-25-16)9-18-27-28-20(33-18)13-10-22-21(23-11-13)24-14-3-6-30-5-1-2-15(30)8-14/h1-2,5,10-11,14H,3-4,6-9,12H2,(H,22,23,24)(H,25,26,29). The minimum absolute atomic E-state index is 0.0318. The van der Waals surface area contributed by atoms with Gasteiger partial charge in [-0.2, -0.15) is 0 Å². The van der Waals surface area contributed by atoms with E-state index in [1.54, 1.807) is 17.3 Å². The predicted octanol–water partition coefficient (Wildman–Crippen LogP) is 1.00. The van der Waals surface area contributed by atoms with Gasteiger partial charge in [-0.15, -0.1) is 15.3 Å². The zero-order valence-electron chi connectivity index (χ0n) is 17.8. The number of hydrogen-bond donors (Lipinski definition) is 2. The van der Waals surface area contributed by atoms with Crippen molar-refractivity contribution < 1.29 is 9.21 Å². The van der Waals surface area contributed by atoms with Crippen LogP contribution in [0.25, 0.3) is 11.5 Å². The van der Waals surface area contributed by atoms with Crippen molar-refractivity contribution in [1.29, 1.82) is 0 Å². The van der Waals surface area contributed by atoms with Gasteiger partial charge in [0.15, 0.2) is 0 Å². The van der Waals surface area contributed by atoms with Crippen molar-refractivity contribution in [2.75, 3.05) is 11.9 Å². The molecule has 4 aromatic rings. The number of rotatable bonds is 5. The number of carbonyl (C=O) groups excluding carboxylic acids is 1. The highest BCUT2D eigenvalue weighted by Gasteiger charge is 2.25. The van der Waals surface area contributed by atoms with Crippen LogP contribution in [-0.4, -0.2) is 63.5 Å². The van der Waals surface area contributed by atoms with E-state index in [-0.39, 0.29) is 24.1 Å². The summed E-state index contributed by atoms with van der Waals surface area (Å²) in [6, 6.07) is 4.52. The maximum Gasteiger partial charge on any atom is 0.250 e. The molecule has 12 heteroatoms. The van der Waals surface area contributed by atoms with Gasteiger partial charge in [-0.3, -0.25) is 9.89 Å². The van der Waals surface area contributed by atoms with Crippen molar-refractivity contribution >= 4 is 11.9 Å². The summed E-state index contributed by atoms with van der Waals surface area (Å²) < 4.78 is 7.97. The number of aromatic amines is 1. The molecule has 0 fully saturated rings. The van der Waals surface area contributed by atoms with Crippen molar-refractivity contribution in [3.63, 3.8) is 0 Å². The molecular formula is C21H22N10O2. The van der Waals surface area contributed by atoms with Crippen LogP contribution in [0.5, 0.6) is 0 Å². The lowest BCUT2D eigenvalue weighted by atomic mass is 10.0. The van der Waals surface area contributed by atoms with Crippen LogP contribution < -0.4 is 5.32 Å². The van der Waals surface area contributed by atoms with Crippen LogP contribution in [0.3, 0.4) is 0 Å². The third-order valence-corrected chi connectivity index (χ3v) is 6.13. The summed E-state index contributed by atoms with van der Waals surface area (Å²) in [6.07, 6.45) is 8.10. The quantitative estimate of drug-likeness (QED) is 0.459. The zero-order chi connectivity index (χ0) is 22.2. The van der Waals surface area contributed by atoms with Gasteiger partial charge in [-0.1, -0.05) is 5.21 Å². The summed E-state index contributed by atoms with van der Waals surface area (Å²) in [4.78, 5) is 23.2. The lowest BCUT2D eigenvalue weighted by molar-refractivity contribution is -0.131. The van der Waals surface area contributed by atoms with Gasteiger partial charge in [0.2, 0.25) is 17.7 Å². The first-order chi connectivity index (χ1) is 16.2. The van der Waals surface area contributed by atoms with E-state index in [9.17, 15) is 4.79 Å². The van der Waals surface area contributed by atoms with Gasteiger partial charge in [0.05, 0.1) is 17.8 Å². The Morgan fingerprint density at radius 2 is 2.12 bits per heavy atom. The van der Waals surface area contributed by atoms with Crippen LogP contribution in [0.2, 0.25) is 0 Å². The number of fused-ring (bicyclic) bond motifs is 2. The van der Waals surface area contributed by atoms with Gasteiger partial charge in [-0.25, -0.2) is 9.97 Å². The Morgan fingerprint density at radius 1 is 1.21 bits per heavy atom. The Hall–Kier alpha value is -4.09. The normalized spacial score (nSPS) is 17.5. The fourth-order valence-corrected chi connectivity index (χ4v) is 4.32. The maximum absolute atomic E-state index is 12.6. The molecule has 33 heavy (non-hydrogen) atoms. The fourth-order valence-electron chi connectivity index (χ4n) is 4.32. The second-order valence-corrected chi connectivity index (χ2v) is 8.30. The van der Waals surface area contributed by atoms with E-state index in [0.29, 0.717) is 37.1 Å². The molecule has 2 aliphatic rings. The Bertz CT molecular complexity index is 1270. The zero-order valence-corrected chi connectivity index (χ0v) is 17.8. The van der Waals surface area contributed by atoms with E-state index in [2.05, 4.69) is 63.8 Å². The van der Waals surface area contributed by atoms with Crippen LogP contribution in [0.4, 0.5) is 5.95 Å². The molecule has 0 aromatic carbocycles. The summed E-state index contributed by atoms with van der Waals surface area (Å²) in [5.41, 5.74) is 3.70. The Labute approximate surface area is 188 Å². The average Bonchev–Trinajstić information content (AvgIpc) is 3.59. The van der Waals surface area contributed by atoms with Crippen molar-refractivity contribution in [3.05, 3.63) is 53.7 Å². The van der Waals surface area contributed by atoms with Gasteiger partial charge >= 0.3 is 0 Å². The van der Waals surface area contributed by atoms with Crippen LogP contribution >= 0.6 is 0 Å². The van der Waals surface area contributed by atoms with Gasteiger partial charge in [0.1, 0.15) is 12.1 Å². The number of H-pyrrole nitrogens is 1. The molecule has 1 unspecified atom stereocenters. The smallest absolute Gasteiger partial charge is 0.250 e. The van der Waals surface area contributed by atoms with E-state index in [1.165, 1.54) is 5.69 Å². The number of nitrogens with zero attached hydrogens (tertiary/aromatic N) is 8. The monoisotopic (exact) mass is 446 g/mol. The number of carbonyl (C=O) groups is 1. The molecule has 0 radical (unpaired) electrons. The Balaban J connectivity index is 1.07. The summed E-state index contributed by atoms with van der Waals surface area (Å²) in [5, 5.41) is 22.2. The molecule has 1 amide bonds. The van der Waals surface area contributed by atoms with Crippen LogP contribution in [0, 0.1) is 0 Å². The predicted molar refractivity (Wildman–Crippen MR) is 115 cm³/mol. The third-order valence-electron chi connectivity index (χ3n) is 6.13. The highest BCUT2D eigenvalue weighted by Crippen LogP contribution is 2.21. The maximum atomic E-state index is 12.6. The highest BCUT2D eigenvalue weighted by molar-refractivity contribution is 5.78. The van der Waals surface area contributed by atoms with Gasteiger partial charge in [0.25, 0.3) is 5.89 Å². The van der Waals surface area contributed by atoms with Gasteiger partial charge in [-0.05, 0) is 18.6 Å². The van der Waals surface area contributed by atoms with Gasteiger partial charge in [0, 0.05) is 56.3 Å². The molecule has 2 N–H and O–H groups in total. The lowest BCUT2D eigenvalue weighted by Gasteiger charge is -2.25. The molecule has 6 heterocycles. The molecule has 1 atom stereocenters. The molecule has 0 aliphatic carbocycles. The SMILES string of the molecule is O=C(Cc1nnc(-c2cnc(NC3CCn4cccc4C3)nc2)o1)N1CCc2[nH]nnc2C1. The second-order valence-electron chi connectivity index (χ2n) is 8.30. The molecular weight excluding hydrogens is 424 g/mol. The van der Waals surface area contributed by atoms with Crippen LogP contribution in [0.1, 0.15) is 29.4 Å². The Kier molecular flexibility index (Phi) is 4.82. The number of aryl methyl sites for hydroxylation is 1. The first-order valence-corrected chi connectivity index (χ1v) is 10.9. The molecule has 0 spiro atoms. The molecule has 0 bridgehead atoms. The minimum atomic E-state index is -0.0896. The largest absolute Gasteiger partial charge is 0.420 e. The number of hydrogen-bond acceptors (Lipinski definition) is 9. The highest BCUT2D eigenvalue weighted by atomic mass is 16.4. The summed E-state index contributed by atoms with van der Waals surface area (Å²) in [5.74, 6) is 1.02. The molecule has 12 nitrogen and oxygen atoms in total. The molecule has 6 rings (SSSR count). The summed E-state index contributed by atoms with van der Waals surface area (Å²) in [7, 11) is 0.